The van der Waals surface area contributed by atoms with Crippen molar-refractivity contribution in [2.75, 3.05) is 27.2 Å². The van der Waals surface area contributed by atoms with Crippen molar-refractivity contribution in [1.82, 2.24) is 5.01 Å². The van der Waals surface area contributed by atoms with Crippen molar-refractivity contribution in [3.05, 3.63) is 0 Å². The summed E-state index contributed by atoms with van der Waals surface area (Å²) >= 11 is 0. The fraction of sp³-hybridized carbons (Fsp3) is 1.00. The van der Waals surface area contributed by atoms with Crippen LogP contribution in [0, 0.1) is 11.3 Å². The van der Waals surface area contributed by atoms with Crippen LogP contribution in [0.2, 0.25) is 0 Å². The number of hydrogen-bond donors (Lipinski definition) is 0. The lowest BCUT2D eigenvalue weighted by Crippen LogP contribution is -2.60. The first-order valence-electron chi connectivity index (χ1n) is 6.49. The van der Waals surface area contributed by atoms with E-state index in [0.29, 0.717) is 5.92 Å². The van der Waals surface area contributed by atoms with E-state index in [1.165, 1.54) is 0 Å². The minimum atomic E-state index is -2.41. The Labute approximate surface area is 103 Å². The zero-order valence-electron chi connectivity index (χ0n) is 11.6. The summed E-state index contributed by atoms with van der Waals surface area (Å²) in [6.07, 6.45) is 0.0943. The molecule has 1 aliphatic carbocycles. The van der Waals surface area contributed by atoms with Gasteiger partial charge >= 0.3 is 0 Å². The largest absolute Gasteiger partial charge is 0.251 e. The van der Waals surface area contributed by atoms with Crippen LogP contribution in [0.5, 0.6) is 0 Å². The van der Waals surface area contributed by atoms with Gasteiger partial charge in [0.05, 0.1) is 26.7 Å². The Balaban J connectivity index is 2.04. The SMILES string of the molecule is CC(C)(C)C1CN(C2CC(F)(F)C2)[N+](C)(C)C1. The zero-order chi connectivity index (χ0) is 13.1. The third-order valence-corrected chi connectivity index (χ3v) is 4.48. The second-order valence-electron chi connectivity index (χ2n) is 7.41. The molecule has 1 heterocycles. The molecule has 2 rings (SSSR count). The van der Waals surface area contributed by atoms with Gasteiger partial charge in [0.15, 0.2) is 0 Å². The van der Waals surface area contributed by atoms with Crippen molar-refractivity contribution in [1.29, 1.82) is 0 Å². The summed E-state index contributed by atoms with van der Waals surface area (Å²) in [5.74, 6) is -1.82. The molecule has 0 aromatic rings. The Kier molecular flexibility index (Phi) is 2.83. The smallest absolute Gasteiger partial charge is 0.248 e. The van der Waals surface area contributed by atoms with Crippen LogP contribution < -0.4 is 0 Å². The summed E-state index contributed by atoms with van der Waals surface area (Å²) < 4.78 is 26.7. The van der Waals surface area contributed by atoms with Gasteiger partial charge < -0.3 is 0 Å². The quantitative estimate of drug-likeness (QED) is 0.644. The molecule has 0 aromatic carbocycles. The first-order valence-corrected chi connectivity index (χ1v) is 6.49. The van der Waals surface area contributed by atoms with Crippen LogP contribution in [-0.2, 0) is 0 Å². The maximum atomic E-state index is 13.0. The van der Waals surface area contributed by atoms with Gasteiger partial charge in [-0.25, -0.2) is 13.4 Å². The average molecular weight is 247 g/mol. The molecule has 100 valence electrons. The third kappa shape index (κ3) is 2.48. The molecule has 2 aliphatic rings. The molecule has 0 N–H and O–H groups in total. The van der Waals surface area contributed by atoms with Gasteiger partial charge in [-0.05, 0) is 5.41 Å². The van der Waals surface area contributed by atoms with Crippen molar-refractivity contribution < 1.29 is 13.4 Å². The summed E-state index contributed by atoms with van der Waals surface area (Å²) in [5.41, 5.74) is 0.260. The molecule has 1 atom stereocenters. The molecule has 1 aliphatic heterocycles. The predicted octanol–water partition coefficient (Wildman–Crippen LogP) is 2.75. The summed E-state index contributed by atoms with van der Waals surface area (Å²) in [6, 6.07) is 0.0762. The lowest BCUT2D eigenvalue weighted by atomic mass is 9.80. The molecule has 0 radical (unpaired) electrons. The molecule has 0 bridgehead atoms. The van der Waals surface area contributed by atoms with E-state index in [-0.39, 0.29) is 24.3 Å². The van der Waals surface area contributed by atoms with E-state index in [1.54, 1.807) is 0 Å². The van der Waals surface area contributed by atoms with Gasteiger partial charge in [-0.2, -0.15) is 5.01 Å². The van der Waals surface area contributed by atoms with Gasteiger partial charge in [0, 0.05) is 18.8 Å². The molecule has 2 fully saturated rings. The summed E-state index contributed by atoms with van der Waals surface area (Å²) in [6.45, 7) is 8.76. The third-order valence-electron chi connectivity index (χ3n) is 4.48. The molecule has 4 heteroatoms. The standard InChI is InChI=1S/C13H25F2N2/c1-12(2,3)10-8-16(17(4,5)9-10)11-6-13(14,15)7-11/h10-11H,6-9H2,1-5H3/q+1. The Morgan fingerprint density at radius 1 is 1.18 bits per heavy atom. The molecule has 0 spiro atoms. The minimum absolute atomic E-state index is 0.0472. The van der Waals surface area contributed by atoms with Gasteiger partial charge in [0.2, 0.25) is 0 Å². The van der Waals surface area contributed by atoms with Crippen molar-refractivity contribution in [3.8, 4) is 0 Å². The van der Waals surface area contributed by atoms with E-state index in [2.05, 4.69) is 39.9 Å². The Bertz CT molecular complexity index is 299. The van der Waals surface area contributed by atoms with Crippen molar-refractivity contribution in [3.63, 3.8) is 0 Å². The first kappa shape index (κ1) is 13.2. The van der Waals surface area contributed by atoms with Crippen LogP contribution in [0.1, 0.15) is 33.6 Å². The van der Waals surface area contributed by atoms with Crippen LogP contribution in [0.3, 0.4) is 0 Å². The minimum Gasteiger partial charge on any atom is -0.248 e. The predicted molar refractivity (Wildman–Crippen MR) is 64.6 cm³/mol. The Morgan fingerprint density at radius 3 is 2.06 bits per heavy atom. The van der Waals surface area contributed by atoms with E-state index >= 15 is 0 Å². The molecule has 2 nitrogen and oxygen atoms in total. The van der Waals surface area contributed by atoms with E-state index in [0.717, 1.165) is 17.7 Å². The monoisotopic (exact) mass is 247 g/mol. The molecule has 0 aromatic heterocycles. The second-order valence-corrected chi connectivity index (χ2v) is 7.41. The normalized spacial score (nSPS) is 33.7. The van der Waals surface area contributed by atoms with E-state index in [4.69, 9.17) is 0 Å². The fourth-order valence-corrected chi connectivity index (χ4v) is 3.13. The fourth-order valence-electron chi connectivity index (χ4n) is 3.13. The number of quaternary nitrogens is 1. The Morgan fingerprint density at radius 2 is 1.71 bits per heavy atom. The molecule has 17 heavy (non-hydrogen) atoms. The number of nitrogens with zero attached hydrogens (tertiary/aromatic N) is 2. The number of hydrogen-bond acceptors (Lipinski definition) is 1. The van der Waals surface area contributed by atoms with Gasteiger partial charge in [0.25, 0.3) is 5.92 Å². The van der Waals surface area contributed by atoms with Crippen molar-refractivity contribution in [2.45, 2.75) is 45.6 Å². The lowest BCUT2D eigenvalue weighted by molar-refractivity contribution is -0.995. The van der Waals surface area contributed by atoms with Crippen LogP contribution in [0.4, 0.5) is 8.78 Å². The lowest BCUT2D eigenvalue weighted by Gasteiger charge is -2.45. The van der Waals surface area contributed by atoms with E-state index in [9.17, 15) is 8.78 Å². The van der Waals surface area contributed by atoms with Gasteiger partial charge in [-0.3, -0.25) is 0 Å². The van der Waals surface area contributed by atoms with Gasteiger partial charge in [-0.1, -0.05) is 20.8 Å². The highest BCUT2D eigenvalue weighted by atomic mass is 19.3. The van der Waals surface area contributed by atoms with Crippen molar-refractivity contribution >= 4 is 0 Å². The maximum Gasteiger partial charge on any atom is 0.251 e. The summed E-state index contributed by atoms with van der Waals surface area (Å²) in [5, 5.41) is 2.27. The molecule has 1 saturated heterocycles. The molecule has 0 amide bonds. The highest BCUT2D eigenvalue weighted by Gasteiger charge is 2.56. The van der Waals surface area contributed by atoms with Crippen LogP contribution in [-0.4, -0.2) is 48.8 Å². The first-order chi connectivity index (χ1) is 7.51. The topological polar surface area (TPSA) is 3.24 Å². The number of rotatable bonds is 1. The zero-order valence-corrected chi connectivity index (χ0v) is 11.6. The van der Waals surface area contributed by atoms with Crippen LogP contribution in [0.15, 0.2) is 0 Å². The van der Waals surface area contributed by atoms with Gasteiger partial charge in [-0.15, -0.1) is 0 Å². The molecule has 1 saturated carbocycles. The molecular formula is C13H25F2N2+. The summed E-state index contributed by atoms with van der Waals surface area (Å²) in [4.78, 5) is 0. The summed E-state index contributed by atoms with van der Waals surface area (Å²) in [7, 11) is 4.28. The van der Waals surface area contributed by atoms with Crippen molar-refractivity contribution in [2.24, 2.45) is 11.3 Å². The van der Waals surface area contributed by atoms with Gasteiger partial charge in [0.1, 0.15) is 6.54 Å². The molecule has 1 unspecified atom stereocenters. The van der Waals surface area contributed by atoms with Crippen LogP contribution >= 0.6 is 0 Å². The van der Waals surface area contributed by atoms with E-state index < -0.39 is 5.92 Å². The van der Waals surface area contributed by atoms with Crippen LogP contribution in [0.25, 0.3) is 0 Å². The maximum absolute atomic E-state index is 13.0. The van der Waals surface area contributed by atoms with E-state index in [1.807, 2.05) is 0 Å². The highest BCUT2D eigenvalue weighted by molar-refractivity contribution is 4.93. The number of alkyl halides is 2. The average Bonchev–Trinajstić information content (AvgIpc) is 2.35. The second kappa shape index (κ2) is 3.64. The highest BCUT2D eigenvalue weighted by Crippen LogP contribution is 2.45. The Hall–Kier alpha value is -0.220. The number of halogens is 2. The molecular weight excluding hydrogens is 222 g/mol.